The van der Waals surface area contributed by atoms with E-state index in [1.54, 1.807) is 0 Å². The molecule has 0 bridgehead atoms. The van der Waals surface area contributed by atoms with Crippen molar-refractivity contribution >= 4 is 22.9 Å². The first-order valence-electron chi connectivity index (χ1n) is 10.5. The van der Waals surface area contributed by atoms with Gasteiger partial charge in [-0.3, -0.25) is 9.59 Å². The maximum Gasteiger partial charge on any atom is 0.307 e. The van der Waals surface area contributed by atoms with Crippen molar-refractivity contribution in [2.75, 3.05) is 0 Å². The van der Waals surface area contributed by atoms with Gasteiger partial charge >= 0.3 is 5.97 Å². The van der Waals surface area contributed by atoms with E-state index in [0.717, 1.165) is 47.1 Å². The molecule has 1 aliphatic heterocycles. The molecule has 0 atom stereocenters. The van der Waals surface area contributed by atoms with Gasteiger partial charge in [0.2, 0.25) is 0 Å². The Kier molecular flexibility index (Phi) is 5.33. The first kappa shape index (κ1) is 20.1. The Labute approximate surface area is 176 Å². The number of carbonyl (C=O) groups excluding carboxylic acids is 1. The van der Waals surface area contributed by atoms with Crippen molar-refractivity contribution in [3.05, 3.63) is 76.9 Å². The van der Waals surface area contributed by atoms with Crippen LogP contribution in [0.4, 0.5) is 0 Å². The van der Waals surface area contributed by atoms with Crippen LogP contribution >= 0.6 is 0 Å². The zero-order valence-corrected chi connectivity index (χ0v) is 17.4. The number of hydrogen-bond acceptors (Lipinski definition) is 3. The van der Waals surface area contributed by atoms with E-state index in [0.29, 0.717) is 17.7 Å². The number of carbonyl (C=O) groups is 2. The number of carboxylic acids is 1. The fourth-order valence-corrected chi connectivity index (χ4v) is 4.26. The molecule has 1 N–H and O–H groups in total. The van der Waals surface area contributed by atoms with E-state index in [2.05, 4.69) is 26.0 Å². The van der Waals surface area contributed by atoms with Crippen LogP contribution in [0.1, 0.15) is 66.6 Å². The predicted molar refractivity (Wildman–Crippen MR) is 118 cm³/mol. The predicted octanol–water partition coefficient (Wildman–Crippen LogP) is 5.71. The fourth-order valence-electron chi connectivity index (χ4n) is 4.26. The summed E-state index contributed by atoms with van der Waals surface area (Å²) in [7, 11) is 0. The Morgan fingerprint density at radius 2 is 1.77 bits per heavy atom. The molecule has 2 aliphatic rings. The number of ketones is 1. The Balaban J connectivity index is 1.56. The largest absolute Gasteiger partial charge is 0.486 e. The average Bonchev–Trinajstić information content (AvgIpc) is 3.24. The molecule has 0 spiro atoms. The first-order valence-corrected chi connectivity index (χ1v) is 10.5. The van der Waals surface area contributed by atoms with E-state index in [-0.39, 0.29) is 17.8 Å². The molecule has 154 valence electrons. The Hall–Kier alpha value is -3.14. The van der Waals surface area contributed by atoms with Gasteiger partial charge in [-0.15, -0.1) is 0 Å². The van der Waals surface area contributed by atoms with E-state index >= 15 is 0 Å². The maximum atomic E-state index is 12.8. The quantitative estimate of drug-likeness (QED) is 0.672. The molecule has 0 saturated heterocycles. The van der Waals surface area contributed by atoms with Gasteiger partial charge in [-0.05, 0) is 59.2 Å². The molecule has 30 heavy (non-hydrogen) atoms. The Morgan fingerprint density at radius 1 is 1.07 bits per heavy atom. The lowest BCUT2D eigenvalue weighted by atomic mass is 9.85. The minimum absolute atomic E-state index is 0.0307. The summed E-state index contributed by atoms with van der Waals surface area (Å²) in [5.74, 6) is 0.0214. The summed E-state index contributed by atoms with van der Waals surface area (Å²) >= 11 is 0. The van der Waals surface area contributed by atoms with Crippen LogP contribution in [0.15, 0.2) is 54.6 Å². The lowest BCUT2D eigenvalue weighted by Crippen LogP contribution is -2.40. The van der Waals surface area contributed by atoms with Crippen LogP contribution in [-0.4, -0.2) is 22.5 Å². The van der Waals surface area contributed by atoms with Gasteiger partial charge in [0.15, 0.2) is 5.78 Å². The molecule has 2 aromatic carbocycles. The van der Waals surface area contributed by atoms with Crippen molar-refractivity contribution in [3.8, 4) is 5.75 Å². The lowest BCUT2D eigenvalue weighted by molar-refractivity contribution is -0.136. The third-order valence-electron chi connectivity index (χ3n) is 6.26. The third-order valence-corrected chi connectivity index (χ3v) is 6.26. The number of benzene rings is 2. The molecule has 0 amide bonds. The number of rotatable bonds is 6. The second-order valence-electron chi connectivity index (χ2n) is 8.10. The van der Waals surface area contributed by atoms with Gasteiger partial charge in [0, 0.05) is 0 Å². The molecule has 4 nitrogen and oxygen atoms in total. The smallest absolute Gasteiger partial charge is 0.307 e. The van der Waals surface area contributed by atoms with E-state index in [9.17, 15) is 9.59 Å². The number of fused-ring (bicyclic) bond motifs is 1. The van der Waals surface area contributed by atoms with E-state index < -0.39 is 5.97 Å². The standard InChI is InChI=1S/C26H26O4/c1-3-26(4-2)16-23(27)22-15-21(11-12-24(22)30-26)20-10-9-19(14-20)18-7-5-17(6-8-18)13-25(28)29/h5-9,11-12,14-15H,3-4,10,13,16H2,1-2H3,(H,28,29). The molecule has 1 heterocycles. The van der Waals surface area contributed by atoms with Gasteiger partial charge in [0.25, 0.3) is 0 Å². The van der Waals surface area contributed by atoms with Crippen LogP contribution in [-0.2, 0) is 11.2 Å². The number of ether oxygens (including phenoxy) is 1. The molecule has 0 radical (unpaired) electrons. The van der Waals surface area contributed by atoms with Crippen LogP contribution in [0.5, 0.6) is 5.75 Å². The molecule has 0 saturated carbocycles. The number of allylic oxidation sites excluding steroid dienone is 4. The highest BCUT2D eigenvalue weighted by atomic mass is 16.5. The second kappa shape index (κ2) is 7.94. The highest BCUT2D eigenvalue weighted by Crippen LogP contribution is 2.40. The maximum absolute atomic E-state index is 12.8. The minimum Gasteiger partial charge on any atom is -0.486 e. The lowest BCUT2D eigenvalue weighted by Gasteiger charge is -2.36. The summed E-state index contributed by atoms with van der Waals surface area (Å²) < 4.78 is 6.24. The summed E-state index contributed by atoms with van der Waals surface area (Å²) in [5, 5.41) is 8.91. The normalized spacial score (nSPS) is 17.1. The molecule has 0 aromatic heterocycles. The molecule has 0 fully saturated rings. The van der Waals surface area contributed by atoms with Crippen LogP contribution in [0.3, 0.4) is 0 Å². The van der Waals surface area contributed by atoms with Crippen molar-refractivity contribution in [2.24, 2.45) is 0 Å². The second-order valence-corrected chi connectivity index (χ2v) is 8.10. The van der Waals surface area contributed by atoms with Crippen molar-refractivity contribution in [3.63, 3.8) is 0 Å². The highest BCUT2D eigenvalue weighted by molar-refractivity contribution is 6.01. The van der Waals surface area contributed by atoms with Crippen molar-refractivity contribution in [1.82, 2.24) is 0 Å². The van der Waals surface area contributed by atoms with Gasteiger partial charge < -0.3 is 9.84 Å². The van der Waals surface area contributed by atoms with Crippen LogP contribution in [0, 0.1) is 0 Å². The number of Topliss-reactive ketones (excluding diaryl/α,β-unsaturated/α-hetero) is 1. The molecule has 4 rings (SSSR count). The SMILES string of the molecule is CCC1(CC)CC(=O)c2cc(C3=CC(c4ccc(CC(=O)O)cc4)=CC3)ccc2O1. The van der Waals surface area contributed by atoms with Gasteiger partial charge in [-0.2, -0.15) is 0 Å². The molecular weight excluding hydrogens is 376 g/mol. The topological polar surface area (TPSA) is 63.6 Å². The van der Waals surface area contributed by atoms with Crippen LogP contribution in [0.2, 0.25) is 0 Å². The summed E-state index contributed by atoms with van der Waals surface area (Å²) in [5.41, 5.74) is 5.47. The number of carboxylic acid groups (broad SMARTS) is 1. The summed E-state index contributed by atoms with van der Waals surface area (Å²) in [6, 6.07) is 13.6. The van der Waals surface area contributed by atoms with Gasteiger partial charge in [0.05, 0.1) is 18.4 Å². The molecule has 1 aliphatic carbocycles. The van der Waals surface area contributed by atoms with Crippen molar-refractivity contribution in [1.29, 1.82) is 0 Å². The van der Waals surface area contributed by atoms with Gasteiger partial charge in [-0.1, -0.05) is 56.3 Å². The van der Waals surface area contributed by atoms with Crippen molar-refractivity contribution < 1.29 is 19.4 Å². The zero-order chi connectivity index (χ0) is 21.3. The van der Waals surface area contributed by atoms with Gasteiger partial charge in [0.1, 0.15) is 11.4 Å². The minimum atomic E-state index is -0.828. The fraction of sp³-hybridized carbons (Fsp3) is 0.308. The zero-order valence-electron chi connectivity index (χ0n) is 17.4. The molecule has 2 aromatic rings. The van der Waals surface area contributed by atoms with E-state index in [4.69, 9.17) is 9.84 Å². The number of aliphatic carboxylic acids is 1. The average molecular weight is 402 g/mol. The number of hydrogen-bond donors (Lipinski definition) is 1. The highest BCUT2D eigenvalue weighted by Gasteiger charge is 2.37. The summed E-state index contributed by atoms with van der Waals surface area (Å²) in [6.07, 6.45) is 7.21. The van der Waals surface area contributed by atoms with Crippen LogP contribution < -0.4 is 4.74 Å². The van der Waals surface area contributed by atoms with Crippen LogP contribution in [0.25, 0.3) is 11.1 Å². The van der Waals surface area contributed by atoms with Crippen molar-refractivity contribution in [2.45, 2.75) is 51.6 Å². The molecular formula is C26H26O4. The third kappa shape index (κ3) is 3.82. The summed E-state index contributed by atoms with van der Waals surface area (Å²) in [4.78, 5) is 23.7. The van der Waals surface area contributed by atoms with E-state index in [1.807, 2.05) is 42.5 Å². The Bertz CT molecular complexity index is 1050. The van der Waals surface area contributed by atoms with E-state index in [1.165, 1.54) is 0 Å². The Morgan fingerprint density at radius 3 is 2.43 bits per heavy atom. The molecule has 0 unspecified atom stereocenters. The van der Waals surface area contributed by atoms with Gasteiger partial charge in [-0.25, -0.2) is 0 Å². The first-order chi connectivity index (χ1) is 14.4. The molecule has 4 heteroatoms. The monoisotopic (exact) mass is 402 g/mol. The summed E-state index contributed by atoms with van der Waals surface area (Å²) in [6.45, 7) is 4.14.